The molecule has 0 bridgehead atoms. The Hall–Kier alpha value is -2.46. The molecule has 1 saturated carbocycles. The third-order valence-corrected chi connectivity index (χ3v) is 6.18. The zero-order chi connectivity index (χ0) is 21.0. The number of hydrogen-bond donors (Lipinski definition) is 4. The molecule has 0 unspecified atom stereocenters. The molecule has 5 N–H and O–H groups in total. The Morgan fingerprint density at radius 1 is 1.27 bits per heavy atom. The first-order valence-electron chi connectivity index (χ1n) is 9.75. The van der Waals surface area contributed by atoms with E-state index in [1.807, 2.05) is 6.07 Å². The lowest BCUT2D eigenvalue weighted by Crippen LogP contribution is -2.34. The highest BCUT2D eigenvalue weighted by molar-refractivity contribution is 6.30. The number of fused-ring (bicyclic) bond motifs is 2. The molecule has 30 heavy (non-hydrogen) atoms. The van der Waals surface area contributed by atoms with Gasteiger partial charge in [-0.05, 0) is 30.7 Å². The molecule has 1 fully saturated rings. The molecule has 4 atom stereocenters. The van der Waals surface area contributed by atoms with Crippen molar-refractivity contribution in [2.75, 3.05) is 12.3 Å². The van der Waals surface area contributed by atoms with Gasteiger partial charge in [0.2, 0.25) is 0 Å². The quantitative estimate of drug-likeness (QED) is 0.495. The highest BCUT2D eigenvalue weighted by atomic mass is 35.5. The van der Waals surface area contributed by atoms with Gasteiger partial charge in [0, 0.05) is 29.7 Å². The number of nitrogen functional groups attached to an aromatic ring is 1. The number of ether oxygens (including phenoxy) is 1. The Morgan fingerprint density at radius 2 is 2.10 bits per heavy atom. The van der Waals surface area contributed by atoms with E-state index < -0.39 is 30.2 Å². The standard InChI is InChI=1S/C20H21ClFN5O3/c21-10-3-9-1-2-24-6-11(9)14(4-10)30-15-5-13(17(28)18(15)29)27-7-12(22)16-19(23)25-8-26-20(16)27/h3-4,7-8,13,15,17-18,24,28-29H,1-2,5-6H2,(H2,23,25,26)/t13-,15+,17+,18-/m1/s1. The number of nitrogens with one attached hydrogen (secondary N) is 1. The average molecular weight is 434 g/mol. The van der Waals surface area contributed by atoms with Crippen molar-refractivity contribution < 1.29 is 19.3 Å². The maximum absolute atomic E-state index is 14.4. The summed E-state index contributed by atoms with van der Waals surface area (Å²) in [5.74, 6) is 0.0241. The fraction of sp³-hybridized carbons (Fsp3) is 0.400. The van der Waals surface area contributed by atoms with Crippen LogP contribution in [0.25, 0.3) is 11.0 Å². The second-order valence-electron chi connectivity index (χ2n) is 7.75. The number of halogens is 2. The number of anilines is 1. The summed E-state index contributed by atoms with van der Waals surface area (Å²) in [6.45, 7) is 1.50. The van der Waals surface area contributed by atoms with Crippen LogP contribution in [-0.4, -0.2) is 49.6 Å². The van der Waals surface area contributed by atoms with Crippen LogP contribution in [0.15, 0.2) is 24.7 Å². The van der Waals surface area contributed by atoms with Crippen molar-refractivity contribution in [2.24, 2.45) is 0 Å². The number of aliphatic hydroxyl groups excluding tert-OH is 2. The van der Waals surface area contributed by atoms with Gasteiger partial charge >= 0.3 is 0 Å². The lowest BCUT2D eigenvalue weighted by Gasteiger charge is -2.24. The monoisotopic (exact) mass is 433 g/mol. The normalized spacial score (nSPS) is 26.1. The molecule has 1 aliphatic heterocycles. The van der Waals surface area contributed by atoms with Gasteiger partial charge in [0.25, 0.3) is 0 Å². The summed E-state index contributed by atoms with van der Waals surface area (Å²) < 4.78 is 22.1. The predicted octanol–water partition coefficient (Wildman–Crippen LogP) is 1.57. The first-order valence-corrected chi connectivity index (χ1v) is 10.1. The smallest absolute Gasteiger partial charge is 0.154 e. The minimum atomic E-state index is -1.17. The summed E-state index contributed by atoms with van der Waals surface area (Å²) in [4.78, 5) is 7.94. The van der Waals surface area contributed by atoms with Crippen LogP contribution in [-0.2, 0) is 13.0 Å². The number of hydrogen-bond acceptors (Lipinski definition) is 7. The van der Waals surface area contributed by atoms with Gasteiger partial charge in [-0.1, -0.05) is 11.6 Å². The number of aliphatic hydroxyl groups is 2. The fourth-order valence-corrected chi connectivity index (χ4v) is 4.70. The van der Waals surface area contributed by atoms with E-state index in [2.05, 4.69) is 15.3 Å². The summed E-state index contributed by atoms with van der Waals surface area (Å²) in [6.07, 6.45) is 0.517. The maximum atomic E-state index is 14.4. The number of aromatic nitrogens is 3. The molecule has 8 nitrogen and oxygen atoms in total. The highest BCUT2D eigenvalue weighted by Crippen LogP contribution is 2.39. The largest absolute Gasteiger partial charge is 0.487 e. The minimum absolute atomic E-state index is 0.0233. The van der Waals surface area contributed by atoms with Crippen LogP contribution in [0.4, 0.5) is 10.2 Å². The molecule has 2 aromatic heterocycles. The first-order chi connectivity index (χ1) is 14.4. The van der Waals surface area contributed by atoms with Gasteiger partial charge in [-0.2, -0.15) is 0 Å². The molecule has 0 amide bonds. The van der Waals surface area contributed by atoms with Gasteiger partial charge in [-0.15, -0.1) is 0 Å². The fourth-order valence-electron chi connectivity index (χ4n) is 4.47. The molecule has 0 radical (unpaired) electrons. The summed E-state index contributed by atoms with van der Waals surface area (Å²) in [5, 5.41) is 25.3. The summed E-state index contributed by atoms with van der Waals surface area (Å²) >= 11 is 6.26. The van der Waals surface area contributed by atoms with Crippen LogP contribution in [0, 0.1) is 5.82 Å². The van der Waals surface area contributed by atoms with E-state index in [1.54, 1.807) is 6.07 Å². The SMILES string of the molecule is Nc1ncnc2c1c(F)cn2[C@@H]1C[C@H](Oc2cc(Cl)cc3c2CNCC3)[C@@H](O)[C@H]1O. The number of rotatable bonds is 3. The maximum Gasteiger partial charge on any atom is 0.154 e. The van der Waals surface area contributed by atoms with E-state index in [-0.39, 0.29) is 23.3 Å². The Balaban J connectivity index is 1.47. The van der Waals surface area contributed by atoms with E-state index in [9.17, 15) is 14.6 Å². The zero-order valence-corrected chi connectivity index (χ0v) is 16.7. The zero-order valence-electron chi connectivity index (χ0n) is 15.9. The van der Waals surface area contributed by atoms with Crippen LogP contribution in [0.1, 0.15) is 23.6 Å². The van der Waals surface area contributed by atoms with E-state index in [4.69, 9.17) is 22.1 Å². The summed E-state index contributed by atoms with van der Waals surface area (Å²) in [5.41, 5.74) is 8.14. The van der Waals surface area contributed by atoms with Gasteiger partial charge in [-0.25, -0.2) is 14.4 Å². The Morgan fingerprint density at radius 3 is 2.93 bits per heavy atom. The molecule has 3 heterocycles. The third kappa shape index (κ3) is 3.09. The molecule has 3 aromatic rings. The topological polar surface area (TPSA) is 118 Å². The van der Waals surface area contributed by atoms with Crippen molar-refractivity contribution in [1.82, 2.24) is 19.9 Å². The van der Waals surface area contributed by atoms with Crippen molar-refractivity contribution in [3.05, 3.63) is 46.6 Å². The van der Waals surface area contributed by atoms with E-state index in [1.165, 1.54) is 17.1 Å². The van der Waals surface area contributed by atoms with Gasteiger partial charge in [0.15, 0.2) is 5.82 Å². The number of nitrogens with two attached hydrogens (primary N) is 1. The summed E-state index contributed by atoms with van der Waals surface area (Å²) in [7, 11) is 0. The van der Waals surface area contributed by atoms with Crippen molar-refractivity contribution in [3.63, 3.8) is 0 Å². The van der Waals surface area contributed by atoms with Crippen LogP contribution in [0.3, 0.4) is 0 Å². The van der Waals surface area contributed by atoms with Crippen molar-refractivity contribution in [3.8, 4) is 5.75 Å². The van der Waals surface area contributed by atoms with E-state index in [0.717, 1.165) is 24.1 Å². The van der Waals surface area contributed by atoms with Gasteiger partial charge < -0.3 is 30.6 Å². The van der Waals surface area contributed by atoms with Crippen LogP contribution < -0.4 is 15.8 Å². The molecule has 158 valence electrons. The molecule has 0 spiro atoms. The summed E-state index contributed by atoms with van der Waals surface area (Å²) in [6, 6.07) is 3.00. The Labute approximate surface area is 176 Å². The van der Waals surface area contributed by atoms with Crippen LogP contribution in [0.2, 0.25) is 5.02 Å². The van der Waals surface area contributed by atoms with Crippen molar-refractivity contribution >= 4 is 28.5 Å². The van der Waals surface area contributed by atoms with Crippen LogP contribution in [0.5, 0.6) is 5.75 Å². The highest BCUT2D eigenvalue weighted by Gasteiger charge is 2.45. The molecular weight excluding hydrogens is 413 g/mol. The van der Waals surface area contributed by atoms with Gasteiger partial charge in [0.1, 0.15) is 41.9 Å². The molecule has 2 aliphatic rings. The predicted molar refractivity (Wildman–Crippen MR) is 109 cm³/mol. The first kappa shape index (κ1) is 19.5. The minimum Gasteiger partial charge on any atom is -0.487 e. The van der Waals surface area contributed by atoms with E-state index >= 15 is 0 Å². The van der Waals surface area contributed by atoms with E-state index in [0.29, 0.717) is 17.3 Å². The second-order valence-corrected chi connectivity index (χ2v) is 8.19. The van der Waals surface area contributed by atoms with Crippen LogP contribution >= 0.6 is 11.6 Å². The lowest BCUT2D eigenvalue weighted by atomic mass is 10.00. The van der Waals surface area contributed by atoms with Gasteiger partial charge in [-0.3, -0.25) is 0 Å². The molecule has 10 heteroatoms. The van der Waals surface area contributed by atoms with Crippen molar-refractivity contribution in [2.45, 2.75) is 43.7 Å². The van der Waals surface area contributed by atoms with Gasteiger partial charge in [0.05, 0.1) is 11.4 Å². The molecule has 1 aromatic carbocycles. The Bertz CT molecular complexity index is 1120. The average Bonchev–Trinajstić information content (AvgIpc) is 3.20. The molecule has 1 aliphatic carbocycles. The molecular formula is C20H21ClFN5O3. The molecule has 0 saturated heterocycles. The van der Waals surface area contributed by atoms with Crippen molar-refractivity contribution in [1.29, 1.82) is 0 Å². The lowest BCUT2D eigenvalue weighted by molar-refractivity contribution is -0.0166. The number of benzene rings is 1. The second kappa shape index (κ2) is 7.35. The number of nitrogens with zero attached hydrogens (tertiary/aromatic N) is 3. The molecule has 5 rings (SSSR count). The Kier molecular flexibility index (Phi) is 4.78. The third-order valence-electron chi connectivity index (χ3n) is 5.97.